The van der Waals surface area contributed by atoms with Crippen LogP contribution >= 0.6 is 0 Å². The van der Waals surface area contributed by atoms with E-state index in [0.717, 1.165) is 0 Å². The SMILES string of the molecule is CCc1nnc(N/N=C\c2ccc([N+](=O)[O-])cc2)n1N. The molecular formula is C11H13N7O2. The summed E-state index contributed by atoms with van der Waals surface area (Å²) >= 11 is 0. The Balaban J connectivity index is 2.02. The van der Waals surface area contributed by atoms with Crippen LogP contribution in [0, 0.1) is 10.1 Å². The molecule has 0 aliphatic heterocycles. The summed E-state index contributed by atoms with van der Waals surface area (Å²) in [6.07, 6.45) is 2.17. The molecule has 0 saturated carbocycles. The molecule has 0 unspecified atom stereocenters. The van der Waals surface area contributed by atoms with Crippen molar-refractivity contribution in [1.29, 1.82) is 0 Å². The zero-order chi connectivity index (χ0) is 14.5. The first kappa shape index (κ1) is 13.5. The molecule has 1 aromatic heterocycles. The van der Waals surface area contributed by atoms with E-state index in [9.17, 15) is 10.1 Å². The van der Waals surface area contributed by atoms with Gasteiger partial charge in [0.15, 0.2) is 5.82 Å². The number of nitrogens with two attached hydrogens (primary N) is 1. The van der Waals surface area contributed by atoms with Crippen molar-refractivity contribution in [3.63, 3.8) is 0 Å². The van der Waals surface area contributed by atoms with E-state index in [-0.39, 0.29) is 5.69 Å². The molecule has 1 heterocycles. The number of nitrogens with zero attached hydrogens (tertiary/aromatic N) is 5. The van der Waals surface area contributed by atoms with Crippen molar-refractivity contribution >= 4 is 17.9 Å². The zero-order valence-corrected chi connectivity index (χ0v) is 10.7. The second-order valence-corrected chi connectivity index (χ2v) is 3.88. The minimum absolute atomic E-state index is 0.0319. The number of hydrogen-bond acceptors (Lipinski definition) is 7. The largest absolute Gasteiger partial charge is 0.335 e. The Morgan fingerprint density at radius 1 is 1.45 bits per heavy atom. The van der Waals surface area contributed by atoms with Crippen LogP contribution in [0.2, 0.25) is 0 Å². The molecule has 0 fully saturated rings. The third-order valence-corrected chi connectivity index (χ3v) is 2.56. The summed E-state index contributed by atoms with van der Waals surface area (Å²) in [4.78, 5) is 10.1. The predicted molar refractivity (Wildman–Crippen MR) is 73.9 cm³/mol. The molecule has 2 rings (SSSR count). The van der Waals surface area contributed by atoms with E-state index in [1.54, 1.807) is 12.1 Å². The number of aromatic nitrogens is 3. The molecule has 3 N–H and O–H groups in total. The topological polar surface area (TPSA) is 124 Å². The number of nitro groups is 1. The number of nitrogens with one attached hydrogen (secondary N) is 1. The zero-order valence-electron chi connectivity index (χ0n) is 10.7. The van der Waals surface area contributed by atoms with Gasteiger partial charge in [-0.3, -0.25) is 10.1 Å². The maximum Gasteiger partial charge on any atom is 0.269 e. The van der Waals surface area contributed by atoms with Gasteiger partial charge in [0.2, 0.25) is 0 Å². The summed E-state index contributed by atoms with van der Waals surface area (Å²) in [5.41, 5.74) is 3.40. The fraction of sp³-hybridized carbons (Fsp3) is 0.182. The Labute approximate surface area is 114 Å². The minimum Gasteiger partial charge on any atom is -0.335 e. The summed E-state index contributed by atoms with van der Waals surface area (Å²) in [5.74, 6) is 6.68. The highest BCUT2D eigenvalue weighted by molar-refractivity contribution is 5.80. The number of nitro benzene ring substituents is 1. The average Bonchev–Trinajstić information content (AvgIpc) is 2.80. The minimum atomic E-state index is -0.456. The van der Waals surface area contributed by atoms with Gasteiger partial charge in [-0.1, -0.05) is 6.92 Å². The van der Waals surface area contributed by atoms with Gasteiger partial charge in [-0.25, -0.2) is 10.1 Å². The van der Waals surface area contributed by atoms with Gasteiger partial charge in [-0.15, -0.1) is 10.2 Å². The van der Waals surface area contributed by atoms with Crippen LogP contribution in [0.25, 0.3) is 0 Å². The average molecular weight is 275 g/mol. The third-order valence-electron chi connectivity index (χ3n) is 2.56. The van der Waals surface area contributed by atoms with Crippen LogP contribution in [0.4, 0.5) is 11.6 Å². The summed E-state index contributed by atoms with van der Waals surface area (Å²) < 4.78 is 1.31. The molecule has 0 bridgehead atoms. The van der Waals surface area contributed by atoms with Gasteiger partial charge in [-0.05, 0) is 17.7 Å². The molecule has 0 amide bonds. The lowest BCUT2D eigenvalue weighted by molar-refractivity contribution is -0.384. The maximum absolute atomic E-state index is 10.5. The number of hydrazone groups is 1. The smallest absolute Gasteiger partial charge is 0.269 e. The molecule has 0 spiro atoms. The van der Waals surface area contributed by atoms with Crippen molar-refractivity contribution in [3.05, 3.63) is 45.8 Å². The van der Waals surface area contributed by atoms with Crippen LogP contribution in [0.1, 0.15) is 18.3 Å². The van der Waals surface area contributed by atoms with Crippen LogP contribution < -0.4 is 11.3 Å². The van der Waals surface area contributed by atoms with E-state index in [4.69, 9.17) is 5.84 Å². The van der Waals surface area contributed by atoms with E-state index in [0.29, 0.717) is 23.8 Å². The van der Waals surface area contributed by atoms with E-state index >= 15 is 0 Å². The van der Waals surface area contributed by atoms with Crippen molar-refractivity contribution in [2.75, 3.05) is 11.3 Å². The molecule has 2 aromatic rings. The van der Waals surface area contributed by atoms with Crippen molar-refractivity contribution in [2.24, 2.45) is 5.10 Å². The predicted octanol–water partition coefficient (Wildman–Crippen LogP) is 0.909. The molecule has 0 aliphatic carbocycles. The van der Waals surface area contributed by atoms with E-state index in [1.807, 2.05) is 6.92 Å². The van der Waals surface area contributed by atoms with E-state index in [2.05, 4.69) is 20.7 Å². The first-order valence-corrected chi connectivity index (χ1v) is 5.84. The van der Waals surface area contributed by atoms with Crippen LogP contribution in [-0.2, 0) is 6.42 Å². The standard InChI is InChI=1S/C11H13N7O2/c1-2-10-14-16-11(17(10)12)15-13-7-8-3-5-9(6-4-8)18(19)20/h3-7H,2,12H2,1H3,(H,15,16)/b13-7-. The molecule has 0 saturated heterocycles. The molecule has 1 aromatic carbocycles. The molecule has 9 nitrogen and oxygen atoms in total. The summed E-state index contributed by atoms with van der Waals surface area (Å²) in [7, 11) is 0. The van der Waals surface area contributed by atoms with Crippen LogP contribution in [0.5, 0.6) is 0 Å². The Bertz CT molecular complexity index is 633. The number of rotatable bonds is 5. The van der Waals surface area contributed by atoms with Gasteiger partial charge >= 0.3 is 0 Å². The Morgan fingerprint density at radius 3 is 2.70 bits per heavy atom. The van der Waals surface area contributed by atoms with Crippen LogP contribution in [-0.4, -0.2) is 26.0 Å². The van der Waals surface area contributed by atoms with Crippen LogP contribution in [0.15, 0.2) is 29.4 Å². The second-order valence-electron chi connectivity index (χ2n) is 3.88. The fourth-order valence-electron chi connectivity index (χ4n) is 1.49. The van der Waals surface area contributed by atoms with Gasteiger partial charge < -0.3 is 5.84 Å². The Kier molecular flexibility index (Phi) is 3.89. The number of benzene rings is 1. The van der Waals surface area contributed by atoms with Crippen LogP contribution in [0.3, 0.4) is 0 Å². The van der Waals surface area contributed by atoms with E-state index < -0.39 is 4.92 Å². The molecule has 0 atom stereocenters. The molecule has 20 heavy (non-hydrogen) atoms. The number of hydrogen-bond donors (Lipinski definition) is 2. The number of non-ortho nitro benzene ring substituents is 1. The van der Waals surface area contributed by atoms with Crippen molar-refractivity contribution in [3.8, 4) is 0 Å². The van der Waals surface area contributed by atoms with Gasteiger partial charge in [0, 0.05) is 18.6 Å². The van der Waals surface area contributed by atoms with Crippen molar-refractivity contribution in [2.45, 2.75) is 13.3 Å². The quantitative estimate of drug-likeness (QED) is 0.361. The normalized spacial score (nSPS) is 10.8. The number of anilines is 1. The highest BCUT2D eigenvalue weighted by atomic mass is 16.6. The monoisotopic (exact) mass is 275 g/mol. The fourth-order valence-corrected chi connectivity index (χ4v) is 1.49. The van der Waals surface area contributed by atoms with Gasteiger partial charge in [-0.2, -0.15) is 5.10 Å². The van der Waals surface area contributed by atoms with E-state index in [1.165, 1.54) is 23.0 Å². The van der Waals surface area contributed by atoms with Gasteiger partial charge in [0.05, 0.1) is 11.1 Å². The summed E-state index contributed by atoms with van der Waals surface area (Å²) in [6.45, 7) is 1.91. The number of nitrogen functional groups attached to an aromatic ring is 1. The first-order valence-electron chi connectivity index (χ1n) is 5.84. The van der Waals surface area contributed by atoms with Crippen molar-refractivity contribution < 1.29 is 4.92 Å². The lowest BCUT2D eigenvalue weighted by Crippen LogP contribution is -2.14. The van der Waals surface area contributed by atoms with Crippen molar-refractivity contribution in [1.82, 2.24) is 14.9 Å². The highest BCUT2D eigenvalue weighted by Crippen LogP contribution is 2.10. The van der Waals surface area contributed by atoms with Gasteiger partial charge in [0.1, 0.15) is 0 Å². The molecular weight excluding hydrogens is 262 g/mol. The lowest BCUT2D eigenvalue weighted by atomic mass is 10.2. The third kappa shape index (κ3) is 2.88. The Morgan fingerprint density at radius 2 is 2.15 bits per heavy atom. The molecule has 0 aliphatic rings. The summed E-state index contributed by atoms with van der Waals surface area (Å²) in [5, 5.41) is 22.2. The molecule has 9 heteroatoms. The summed E-state index contributed by atoms with van der Waals surface area (Å²) in [6, 6.07) is 5.99. The lowest BCUT2D eigenvalue weighted by Gasteiger charge is -2.00. The first-order chi connectivity index (χ1) is 9.61. The second kappa shape index (κ2) is 5.78. The Hall–Kier alpha value is -2.97. The molecule has 104 valence electrons. The highest BCUT2D eigenvalue weighted by Gasteiger charge is 2.06. The number of aryl methyl sites for hydroxylation is 1. The van der Waals surface area contributed by atoms with Gasteiger partial charge in [0.25, 0.3) is 11.6 Å². The molecule has 0 radical (unpaired) electrons. The maximum atomic E-state index is 10.5.